The number of carbonyl (C=O) groups is 1. The molecule has 0 radical (unpaired) electrons. The molecule has 2 aromatic carbocycles. The van der Waals surface area contributed by atoms with Gasteiger partial charge in [-0.2, -0.15) is 0 Å². The summed E-state index contributed by atoms with van der Waals surface area (Å²) in [7, 11) is 1.77. The van der Waals surface area contributed by atoms with Crippen LogP contribution >= 0.6 is 0 Å². The van der Waals surface area contributed by atoms with Crippen molar-refractivity contribution >= 4 is 5.91 Å². The molecular weight excluding hydrogens is 260 g/mol. The van der Waals surface area contributed by atoms with Crippen molar-refractivity contribution in [3.05, 3.63) is 71.8 Å². The minimum absolute atomic E-state index is 0.0156. The van der Waals surface area contributed by atoms with Crippen LogP contribution in [-0.2, 0) is 4.79 Å². The second-order valence-corrected chi connectivity index (χ2v) is 5.19. The third-order valence-electron chi connectivity index (χ3n) is 3.54. The van der Waals surface area contributed by atoms with Crippen molar-refractivity contribution in [1.29, 1.82) is 0 Å². The van der Waals surface area contributed by atoms with Gasteiger partial charge in [0, 0.05) is 12.0 Å². The molecular formula is C18H22N2O. The molecule has 1 unspecified atom stereocenters. The number of nitrogens with one attached hydrogen (secondary N) is 2. The SMILES string of the molecule is CNCC(=O)NC(C)C(c1ccccc1)c1ccccc1. The van der Waals surface area contributed by atoms with Crippen molar-refractivity contribution in [2.45, 2.75) is 18.9 Å². The van der Waals surface area contributed by atoms with Crippen LogP contribution in [0.3, 0.4) is 0 Å². The quantitative estimate of drug-likeness (QED) is 0.855. The average Bonchev–Trinajstić information content (AvgIpc) is 2.50. The molecule has 2 aromatic rings. The van der Waals surface area contributed by atoms with Crippen molar-refractivity contribution in [2.24, 2.45) is 0 Å². The Bertz CT molecular complexity index is 514. The summed E-state index contributed by atoms with van der Waals surface area (Å²) in [5.74, 6) is 0.162. The van der Waals surface area contributed by atoms with E-state index in [0.29, 0.717) is 6.54 Å². The number of carbonyl (C=O) groups excluding carboxylic acids is 1. The summed E-state index contributed by atoms with van der Waals surface area (Å²) in [6.45, 7) is 2.39. The van der Waals surface area contributed by atoms with Gasteiger partial charge in [-0.25, -0.2) is 0 Å². The van der Waals surface area contributed by atoms with Crippen LogP contribution in [0.25, 0.3) is 0 Å². The molecule has 0 aliphatic rings. The summed E-state index contributed by atoms with van der Waals surface area (Å²) in [5, 5.41) is 5.96. The maximum absolute atomic E-state index is 11.8. The Morgan fingerprint density at radius 2 is 1.43 bits per heavy atom. The molecule has 0 bridgehead atoms. The highest BCUT2D eigenvalue weighted by molar-refractivity contribution is 5.78. The van der Waals surface area contributed by atoms with Gasteiger partial charge < -0.3 is 10.6 Å². The van der Waals surface area contributed by atoms with Gasteiger partial charge in [-0.1, -0.05) is 60.7 Å². The molecule has 3 heteroatoms. The van der Waals surface area contributed by atoms with Gasteiger partial charge in [0.2, 0.25) is 5.91 Å². The molecule has 0 saturated carbocycles. The second-order valence-electron chi connectivity index (χ2n) is 5.19. The average molecular weight is 282 g/mol. The van der Waals surface area contributed by atoms with E-state index < -0.39 is 0 Å². The first kappa shape index (κ1) is 15.3. The fraction of sp³-hybridized carbons (Fsp3) is 0.278. The van der Waals surface area contributed by atoms with E-state index in [2.05, 4.69) is 41.8 Å². The third-order valence-corrected chi connectivity index (χ3v) is 3.54. The molecule has 0 saturated heterocycles. The first-order valence-electron chi connectivity index (χ1n) is 7.26. The molecule has 0 aliphatic carbocycles. The zero-order valence-electron chi connectivity index (χ0n) is 12.5. The van der Waals surface area contributed by atoms with Crippen LogP contribution < -0.4 is 10.6 Å². The topological polar surface area (TPSA) is 41.1 Å². The molecule has 2 rings (SSSR count). The fourth-order valence-electron chi connectivity index (χ4n) is 2.64. The van der Waals surface area contributed by atoms with Gasteiger partial charge in [0.15, 0.2) is 0 Å². The van der Waals surface area contributed by atoms with Crippen LogP contribution in [0.4, 0.5) is 0 Å². The molecule has 2 N–H and O–H groups in total. The molecule has 3 nitrogen and oxygen atoms in total. The van der Waals surface area contributed by atoms with Crippen molar-refractivity contribution in [3.8, 4) is 0 Å². The Morgan fingerprint density at radius 1 is 0.952 bits per heavy atom. The molecule has 21 heavy (non-hydrogen) atoms. The van der Waals surface area contributed by atoms with Crippen LogP contribution in [-0.4, -0.2) is 25.5 Å². The minimum Gasteiger partial charge on any atom is -0.352 e. The summed E-state index contributed by atoms with van der Waals surface area (Å²) in [6.07, 6.45) is 0. The first-order valence-corrected chi connectivity index (χ1v) is 7.26. The van der Waals surface area contributed by atoms with E-state index in [1.165, 1.54) is 11.1 Å². The largest absolute Gasteiger partial charge is 0.352 e. The van der Waals surface area contributed by atoms with Crippen LogP contribution in [0.1, 0.15) is 24.0 Å². The van der Waals surface area contributed by atoms with Crippen molar-refractivity contribution < 1.29 is 4.79 Å². The second kappa shape index (κ2) is 7.60. The highest BCUT2D eigenvalue weighted by atomic mass is 16.1. The smallest absolute Gasteiger partial charge is 0.234 e. The van der Waals surface area contributed by atoms with Crippen LogP contribution in [0.2, 0.25) is 0 Å². The summed E-state index contributed by atoms with van der Waals surface area (Å²) in [4.78, 5) is 11.8. The van der Waals surface area contributed by atoms with Crippen LogP contribution in [0, 0.1) is 0 Å². The van der Waals surface area contributed by atoms with Gasteiger partial charge in [-0.3, -0.25) is 4.79 Å². The fourth-order valence-corrected chi connectivity index (χ4v) is 2.64. The van der Waals surface area contributed by atoms with Crippen LogP contribution in [0.5, 0.6) is 0 Å². The lowest BCUT2D eigenvalue weighted by atomic mass is 9.86. The van der Waals surface area contributed by atoms with Crippen molar-refractivity contribution in [2.75, 3.05) is 13.6 Å². The van der Waals surface area contributed by atoms with E-state index in [-0.39, 0.29) is 17.9 Å². The first-order chi connectivity index (χ1) is 10.2. The molecule has 0 aliphatic heterocycles. The zero-order valence-corrected chi connectivity index (χ0v) is 12.5. The lowest BCUT2D eigenvalue weighted by Gasteiger charge is -2.26. The Labute approximate surface area is 126 Å². The van der Waals surface area contributed by atoms with E-state index in [0.717, 1.165) is 0 Å². The number of hydrogen-bond acceptors (Lipinski definition) is 2. The minimum atomic E-state index is 0.0156. The Balaban J connectivity index is 2.26. The van der Waals surface area contributed by atoms with E-state index in [9.17, 15) is 4.79 Å². The normalized spacial score (nSPS) is 12.1. The molecule has 0 spiro atoms. The summed E-state index contributed by atoms with van der Waals surface area (Å²) >= 11 is 0. The van der Waals surface area contributed by atoms with Crippen molar-refractivity contribution in [3.63, 3.8) is 0 Å². The standard InChI is InChI=1S/C18H22N2O/c1-14(20-17(21)13-19-2)18(15-9-5-3-6-10-15)16-11-7-4-8-12-16/h3-12,14,18-19H,13H2,1-2H3,(H,20,21). The molecule has 0 aromatic heterocycles. The lowest BCUT2D eigenvalue weighted by Crippen LogP contribution is -2.41. The van der Waals surface area contributed by atoms with Gasteiger partial charge in [-0.15, -0.1) is 0 Å². The molecule has 0 heterocycles. The number of hydrogen-bond donors (Lipinski definition) is 2. The Morgan fingerprint density at radius 3 is 1.86 bits per heavy atom. The molecule has 1 atom stereocenters. The van der Waals surface area contributed by atoms with Crippen LogP contribution in [0.15, 0.2) is 60.7 Å². The number of likely N-dealkylation sites (N-methyl/N-ethyl adjacent to an activating group) is 1. The molecule has 1 amide bonds. The summed E-state index contributed by atoms with van der Waals surface area (Å²) in [5.41, 5.74) is 2.42. The van der Waals surface area contributed by atoms with E-state index in [1.807, 2.05) is 36.4 Å². The van der Waals surface area contributed by atoms with Crippen molar-refractivity contribution in [1.82, 2.24) is 10.6 Å². The number of benzene rings is 2. The van der Waals surface area contributed by atoms with Gasteiger partial charge in [0.1, 0.15) is 0 Å². The van der Waals surface area contributed by atoms with E-state index in [4.69, 9.17) is 0 Å². The summed E-state index contributed by atoms with van der Waals surface area (Å²) < 4.78 is 0. The predicted molar refractivity (Wildman–Crippen MR) is 86.3 cm³/mol. The van der Waals surface area contributed by atoms with E-state index >= 15 is 0 Å². The lowest BCUT2D eigenvalue weighted by molar-refractivity contribution is -0.120. The highest BCUT2D eigenvalue weighted by Crippen LogP contribution is 2.27. The Hall–Kier alpha value is -2.13. The monoisotopic (exact) mass is 282 g/mol. The van der Waals surface area contributed by atoms with Gasteiger partial charge in [0.05, 0.1) is 6.54 Å². The maximum Gasteiger partial charge on any atom is 0.234 e. The Kier molecular flexibility index (Phi) is 5.52. The van der Waals surface area contributed by atoms with E-state index in [1.54, 1.807) is 7.05 Å². The molecule has 0 fully saturated rings. The third kappa shape index (κ3) is 4.17. The maximum atomic E-state index is 11.8. The number of rotatable bonds is 6. The molecule has 110 valence electrons. The zero-order chi connectivity index (χ0) is 15.1. The summed E-state index contributed by atoms with van der Waals surface area (Å²) in [6, 6.07) is 20.6. The van der Waals surface area contributed by atoms with Gasteiger partial charge in [0.25, 0.3) is 0 Å². The van der Waals surface area contributed by atoms with Gasteiger partial charge >= 0.3 is 0 Å². The highest BCUT2D eigenvalue weighted by Gasteiger charge is 2.22. The van der Waals surface area contributed by atoms with Gasteiger partial charge in [-0.05, 0) is 25.1 Å². The number of amides is 1. The predicted octanol–water partition coefficient (Wildman–Crippen LogP) is 2.54.